The number of anilines is 1. The van der Waals surface area contributed by atoms with Crippen molar-refractivity contribution in [1.82, 2.24) is 5.32 Å². The van der Waals surface area contributed by atoms with Crippen LogP contribution in [0.5, 0.6) is 0 Å². The van der Waals surface area contributed by atoms with E-state index in [1.807, 2.05) is 13.0 Å². The summed E-state index contributed by atoms with van der Waals surface area (Å²) in [5, 5.41) is 3.61. The summed E-state index contributed by atoms with van der Waals surface area (Å²) in [6.45, 7) is 1.72. The highest BCUT2D eigenvalue weighted by Gasteiger charge is 2.20. The molecule has 2 rings (SSSR count). The molecule has 134 valence electrons. The Balaban J connectivity index is 2.10. The molecule has 0 saturated heterocycles. The number of hydrogen-bond donors (Lipinski definition) is 1. The minimum Gasteiger partial charge on any atom is -0.350 e. The maximum atomic E-state index is 12.2. The van der Waals surface area contributed by atoms with Crippen LogP contribution < -0.4 is 9.62 Å². The number of carbonyl (C=O) groups is 1. The Labute approximate surface area is 157 Å². The van der Waals surface area contributed by atoms with E-state index >= 15 is 0 Å². The zero-order chi connectivity index (χ0) is 18.6. The molecular formula is C17H18Cl2N2O3S. The van der Waals surface area contributed by atoms with Gasteiger partial charge in [0, 0.05) is 16.6 Å². The standard InChI is InChI=1S/C17H18Cl2N2O3S/c1-12-4-3-5-15(8-12)21(25(2,23)24)11-17(22)20-10-13-6-7-14(18)9-16(13)19/h3-9H,10-11H2,1-2H3,(H,20,22). The molecule has 1 N–H and O–H groups in total. The number of benzene rings is 2. The van der Waals surface area contributed by atoms with Gasteiger partial charge in [-0.3, -0.25) is 9.10 Å². The van der Waals surface area contributed by atoms with Gasteiger partial charge in [-0.2, -0.15) is 0 Å². The number of nitrogens with zero attached hydrogens (tertiary/aromatic N) is 1. The van der Waals surface area contributed by atoms with Gasteiger partial charge in [-0.15, -0.1) is 0 Å². The van der Waals surface area contributed by atoms with Crippen LogP contribution in [0.1, 0.15) is 11.1 Å². The lowest BCUT2D eigenvalue weighted by Gasteiger charge is -2.22. The van der Waals surface area contributed by atoms with Crippen molar-refractivity contribution in [2.75, 3.05) is 17.1 Å². The number of hydrogen-bond acceptors (Lipinski definition) is 3. The number of rotatable bonds is 6. The molecule has 0 unspecified atom stereocenters. The second-order valence-corrected chi connectivity index (χ2v) is 8.37. The molecule has 0 aliphatic carbocycles. The molecule has 0 aliphatic rings. The molecule has 0 radical (unpaired) electrons. The molecule has 0 spiro atoms. The smallest absolute Gasteiger partial charge is 0.241 e. The number of amides is 1. The summed E-state index contributed by atoms with van der Waals surface area (Å²) in [6, 6.07) is 11.9. The number of sulfonamides is 1. The third-order valence-electron chi connectivity index (χ3n) is 3.47. The maximum Gasteiger partial charge on any atom is 0.241 e. The highest BCUT2D eigenvalue weighted by molar-refractivity contribution is 7.92. The van der Waals surface area contributed by atoms with Gasteiger partial charge >= 0.3 is 0 Å². The van der Waals surface area contributed by atoms with Crippen LogP contribution in [-0.4, -0.2) is 27.1 Å². The predicted molar refractivity (Wildman–Crippen MR) is 102 cm³/mol. The molecule has 0 bridgehead atoms. The van der Waals surface area contributed by atoms with Crippen LogP contribution in [0.25, 0.3) is 0 Å². The van der Waals surface area contributed by atoms with Gasteiger partial charge < -0.3 is 5.32 Å². The lowest BCUT2D eigenvalue weighted by atomic mass is 10.2. The first-order valence-electron chi connectivity index (χ1n) is 7.42. The predicted octanol–water partition coefficient (Wildman–Crippen LogP) is 3.38. The second kappa shape index (κ2) is 8.08. The summed E-state index contributed by atoms with van der Waals surface area (Å²) in [7, 11) is -3.60. The van der Waals surface area contributed by atoms with Crippen molar-refractivity contribution in [1.29, 1.82) is 0 Å². The molecule has 8 heteroatoms. The Kier molecular flexibility index (Phi) is 6.32. The first-order chi connectivity index (χ1) is 11.7. The van der Waals surface area contributed by atoms with Gasteiger partial charge in [-0.05, 0) is 42.3 Å². The SMILES string of the molecule is Cc1cccc(N(CC(=O)NCc2ccc(Cl)cc2Cl)S(C)(=O)=O)c1. The van der Waals surface area contributed by atoms with E-state index in [-0.39, 0.29) is 13.1 Å². The molecule has 2 aromatic carbocycles. The quantitative estimate of drug-likeness (QED) is 0.807. The van der Waals surface area contributed by atoms with Gasteiger partial charge in [0.15, 0.2) is 0 Å². The van der Waals surface area contributed by atoms with E-state index in [2.05, 4.69) is 5.32 Å². The van der Waals surface area contributed by atoms with Crippen molar-refractivity contribution in [3.8, 4) is 0 Å². The first kappa shape index (κ1) is 19.6. The summed E-state index contributed by atoms with van der Waals surface area (Å²) in [5.41, 5.74) is 2.04. The zero-order valence-electron chi connectivity index (χ0n) is 13.8. The second-order valence-electron chi connectivity index (χ2n) is 5.62. The number of nitrogens with one attached hydrogen (secondary N) is 1. The largest absolute Gasteiger partial charge is 0.350 e. The summed E-state index contributed by atoms with van der Waals surface area (Å²) >= 11 is 11.9. The third-order valence-corrected chi connectivity index (χ3v) is 5.20. The minimum absolute atomic E-state index is 0.181. The Bertz CT molecular complexity index is 885. The molecule has 2 aromatic rings. The van der Waals surface area contributed by atoms with E-state index in [0.717, 1.165) is 16.1 Å². The van der Waals surface area contributed by atoms with Crippen molar-refractivity contribution in [3.63, 3.8) is 0 Å². The number of halogens is 2. The van der Waals surface area contributed by atoms with Crippen LogP contribution in [0.2, 0.25) is 10.0 Å². The van der Waals surface area contributed by atoms with E-state index in [1.165, 1.54) is 0 Å². The van der Waals surface area contributed by atoms with Crippen molar-refractivity contribution < 1.29 is 13.2 Å². The highest BCUT2D eigenvalue weighted by atomic mass is 35.5. The monoisotopic (exact) mass is 400 g/mol. The van der Waals surface area contributed by atoms with Crippen molar-refractivity contribution in [2.45, 2.75) is 13.5 Å². The lowest BCUT2D eigenvalue weighted by molar-refractivity contribution is -0.119. The summed E-state index contributed by atoms with van der Waals surface area (Å²) in [6.07, 6.45) is 1.07. The highest BCUT2D eigenvalue weighted by Crippen LogP contribution is 2.21. The summed E-state index contributed by atoms with van der Waals surface area (Å²) < 4.78 is 25.2. The third kappa shape index (κ3) is 5.63. The topological polar surface area (TPSA) is 66.5 Å². The van der Waals surface area contributed by atoms with Crippen LogP contribution in [0, 0.1) is 6.92 Å². The average Bonchev–Trinajstić information content (AvgIpc) is 2.50. The van der Waals surface area contributed by atoms with E-state index in [1.54, 1.807) is 36.4 Å². The molecule has 0 atom stereocenters. The molecule has 0 aliphatic heterocycles. The van der Waals surface area contributed by atoms with Crippen LogP contribution in [0.15, 0.2) is 42.5 Å². The maximum absolute atomic E-state index is 12.2. The van der Waals surface area contributed by atoms with Crippen LogP contribution in [0.3, 0.4) is 0 Å². The van der Waals surface area contributed by atoms with Crippen LogP contribution >= 0.6 is 23.2 Å². The Hall–Kier alpha value is -1.76. The van der Waals surface area contributed by atoms with Gasteiger partial charge in [0.25, 0.3) is 0 Å². The van der Waals surface area contributed by atoms with Crippen LogP contribution in [-0.2, 0) is 21.4 Å². The van der Waals surface area contributed by atoms with E-state index in [4.69, 9.17) is 23.2 Å². The van der Waals surface area contributed by atoms with Crippen molar-refractivity contribution >= 4 is 44.8 Å². The van der Waals surface area contributed by atoms with Gasteiger partial charge in [-0.1, -0.05) is 41.4 Å². The fourth-order valence-electron chi connectivity index (χ4n) is 2.23. The fraction of sp³-hybridized carbons (Fsp3) is 0.235. The zero-order valence-corrected chi connectivity index (χ0v) is 16.1. The van der Waals surface area contributed by atoms with Crippen LogP contribution in [0.4, 0.5) is 5.69 Å². The van der Waals surface area contributed by atoms with E-state index < -0.39 is 15.9 Å². The normalized spacial score (nSPS) is 11.2. The minimum atomic E-state index is -3.60. The van der Waals surface area contributed by atoms with E-state index in [0.29, 0.717) is 21.3 Å². The van der Waals surface area contributed by atoms with Gasteiger partial charge in [-0.25, -0.2) is 8.42 Å². The molecule has 1 amide bonds. The Morgan fingerprint density at radius 2 is 1.88 bits per heavy atom. The molecule has 5 nitrogen and oxygen atoms in total. The van der Waals surface area contributed by atoms with Gasteiger partial charge in [0.1, 0.15) is 6.54 Å². The van der Waals surface area contributed by atoms with Gasteiger partial charge in [0.2, 0.25) is 15.9 Å². The molecular weight excluding hydrogens is 383 g/mol. The van der Waals surface area contributed by atoms with E-state index in [9.17, 15) is 13.2 Å². The number of aryl methyl sites for hydroxylation is 1. The number of carbonyl (C=O) groups excluding carboxylic acids is 1. The summed E-state index contributed by atoms with van der Waals surface area (Å²) in [4.78, 5) is 12.2. The lowest BCUT2D eigenvalue weighted by Crippen LogP contribution is -2.40. The average molecular weight is 401 g/mol. The molecule has 25 heavy (non-hydrogen) atoms. The Morgan fingerprint density at radius 1 is 1.16 bits per heavy atom. The van der Waals surface area contributed by atoms with Crippen molar-refractivity contribution in [3.05, 3.63) is 63.6 Å². The molecule has 0 saturated carbocycles. The Morgan fingerprint density at radius 3 is 2.48 bits per heavy atom. The molecule has 0 heterocycles. The van der Waals surface area contributed by atoms with Gasteiger partial charge in [0.05, 0.1) is 11.9 Å². The first-order valence-corrected chi connectivity index (χ1v) is 10.0. The summed E-state index contributed by atoms with van der Waals surface area (Å²) in [5.74, 6) is -0.432. The fourth-order valence-corrected chi connectivity index (χ4v) is 3.55. The van der Waals surface area contributed by atoms with Crippen molar-refractivity contribution in [2.24, 2.45) is 0 Å². The molecule has 0 aromatic heterocycles. The molecule has 0 fully saturated rings.